The lowest BCUT2D eigenvalue weighted by Gasteiger charge is -2.20. The third kappa shape index (κ3) is 1.09. The highest BCUT2D eigenvalue weighted by atomic mass is 14.2. The van der Waals surface area contributed by atoms with Gasteiger partial charge in [-0.15, -0.1) is 0 Å². The SMILES string of the molecule is CC1(C)C=CC2=CC=CC2=C1. The Hall–Kier alpha value is -1.04. The molecule has 0 aromatic carbocycles. The molecule has 0 aromatic rings. The number of hydrogen-bond acceptors (Lipinski definition) is 0. The van der Waals surface area contributed by atoms with E-state index in [1.54, 1.807) is 0 Å². The second kappa shape index (κ2) is 1.97. The lowest BCUT2D eigenvalue weighted by Crippen LogP contribution is -2.07. The van der Waals surface area contributed by atoms with Crippen LogP contribution in [0.4, 0.5) is 0 Å². The van der Waals surface area contributed by atoms with Gasteiger partial charge < -0.3 is 0 Å². The fourth-order valence-electron chi connectivity index (χ4n) is 1.48. The van der Waals surface area contributed by atoms with Gasteiger partial charge in [-0.05, 0) is 11.1 Å². The first-order valence-corrected chi connectivity index (χ1v) is 3.98. The van der Waals surface area contributed by atoms with Crippen LogP contribution in [0, 0.1) is 5.41 Å². The minimum Gasteiger partial charge on any atom is -0.0744 e. The minimum atomic E-state index is 0.237. The quantitative estimate of drug-likeness (QED) is 0.490. The van der Waals surface area contributed by atoms with Gasteiger partial charge in [0.15, 0.2) is 0 Å². The van der Waals surface area contributed by atoms with Crippen molar-refractivity contribution in [2.45, 2.75) is 13.8 Å². The van der Waals surface area contributed by atoms with Gasteiger partial charge in [0.25, 0.3) is 0 Å². The van der Waals surface area contributed by atoms with Gasteiger partial charge >= 0.3 is 0 Å². The fourth-order valence-corrected chi connectivity index (χ4v) is 1.48. The molecule has 0 saturated carbocycles. The van der Waals surface area contributed by atoms with E-state index in [4.69, 9.17) is 0 Å². The largest absolute Gasteiger partial charge is 0.0744 e. The van der Waals surface area contributed by atoms with Crippen LogP contribution in [-0.4, -0.2) is 0 Å². The van der Waals surface area contributed by atoms with Crippen molar-refractivity contribution in [1.82, 2.24) is 0 Å². The van der Waals surface area contributed by atoms with E-state index in [2.05, 4.69) is 50.3 Å². The van der Waals surface area contributed by atoms with Gasteiger partial charge in [0.2, 0.25) is 0 Å². The first-order valence-electron chi connectivity index (χ1n) is 3.98. The Morgan fingerprint density at radius 3 is 2.73 bits per heavy atom. The van der Waals surface area contributed by atoms with Crippen LogP contribution in [0.5, 0.6) is 0 Å². The van der Waals surface area contributed by atoms with Crippen LogP contribution in [0.1, 0.15) is 13.8 Å². The summed E-state index contributed by atoms with van der Waals surface area (Å²) >= 11 is 0. The van der Waals surface area contributed by atoms with E-state index < -0.39 is 0 Å². The standard InChI is InChI=1S/C11H12/c1-11(2)7-6-9-4-3-5-10(9)8-11/h3-8H,1-2H3. The van der Waals surface area contributed by atoms with Crippen molar-refractivity contribution in [2.75, 3.05) is 0 Å². The predicted octanol–water partition coefficient (Wildman–Crippen LogP) is 3.01. The Morgan fingerprint density at radius 1 is 1.09 bits per heavy atom. The summed E-state index contributed by atoms with van der Waals surface area (Å²) in [7, 11) is 0. The van der Waals surface area contributed by atoms with E-state index in [0.717, 1.165) is 0 Å². The average Bonchev–Trinajstić information content (AvgIpc) is 2.31. The Kier molecular flexibility index (Phi) is 1.19. The number of fused-ring (bicyclic) bond motifs is 1. The summed E-state index contributed by atoms with van der Waals surface area (Å²) in [6.07, 6.45) is 13.2. The minimum absolute atomic E-state index is 0.237. The van der Waals surface area contributed by atoms with E-state index in [9.17, 15) is 0 Å². The van der Waals surface area contributed by atoms with Crippen LogP contribution in [0.15, 0.2) is 47.6 Å². The summed E-state index contributed by atoms with van der Waals surface area (Å²) in [6, 6.07) is 0. The highest BCUT2D eigenvalue weighted by Gasteiger charge is 2.17. The molecule has 0 unspecified atom stereocenters. The molecule has 0 amide bonds. The van der Waals surface area contributed by atoms with Gasteiger partial charge in [-0.2, -0.15) is 0 Å². The topological polar surface area (TPSA) is 0 Å². The van der Waals surface area contributed by atoms with Gasteiger partial charge in [0.1, 0.15) is 0 Å². The Labute approximate surface area is 67.6 Å². The molecular weight excluding hydrogens is 132 g/mol. The van der Waals surface area contributed by atoms with Gasteiger partial charge in [0.05, 0.1) is 0 Å². The van der Waals surface area contributed by atoms with Crippen molar-refractivity contribution >= 4 is 0 Å². The monoisotopic (exact) mass is 144 g/mol. The van der Waals surface area contributed by atoms with E-state index in [-0.39, 0.29) is 5.41 Å². The maximum absolute atomic E-state index is 2.31. The molecule has 11 heavy (non-hydrogen) atoms. The van der Waals surface area contributed by atoms with Crippen molar-refractivity contribution in [3.8, 4) is 0 Å². The van der Waals surface area contributed by atoms with Crippen molar-refractivity contribution in [3.05, 3.63) is 47.6 Å². The molecule has 0 aliphatic heterocycles. The first-order chi connectivity index (χ1) is 5.17. The maximum Gasteiger partial charge on any atom is 0.00169 e. The normalized spacial score (nSPS) is 24.5. The van der Waals surface area contributed by atoms with E-state index in [1.807, 2.05) is 0 Å². The fraction of sp³-hybridized carbons (Fsp3) is 0.273. The molecule has 56 valence electrons. The van der Waals surface area contributed by atoms with Crippen LogP contribution in [0.3, 0.4) is 0 Å². The van der Waals surface area contributed by atoms with E-state index >= 15 is 0 Å². The van der Waals surface area contributed by atoms with Crippen LogP contribution in [0.25, 0.3) is 0 Å². The molecule has 0 fully saturated rings. The molecule has 2 aliphatic rings. The molecule has 2 rings (SSSR count). The summed E-state index contributed by atoms with van der Waals surface area (Å²) in [5, 5.41) is 0. The second-order valence-electron chi connectivity index (χ2n) is 3.74. The summed E-state index contributed by atoms with van der Waals surface area (Å²) in [5.41, 5.74) is 2.96. The summed E-state index contributed by atoms with van der Waals surface area (Å²) in [6.45, 7) is 4.44. The molecule has 0 saturated heterocycles. The third-order valence-electron chi connectivity index (χ3n) is 2.10. The summed E-state index contributed by atoms with van der Waals surface area (Å²) in [5.74, 6) is 0. The molecule has 2 aliphatic carbocycles. The second-order valence-corrected chi connectivity index (χ2v) is 3.74. The Morgan fingerprint density at radius 2 is 1.91 bits per heavy atom. The lowest BCUT2D eigenvalue weighted by atomic mass is 9.84. The zero-order valence-corrected chi connectivity index (χ0v) is 6.96. The van der Waals surface area contributed by atoms with E-state index in [0.29, 0.717) is 0 Å². The highest BCUT2D eigenvalue weighted by molar-refractivity contribution is 5.57. The zero-order valence-electron chi connectivity index (χ0n) is 6.96. The summed E-state index contributed by atoms with van der Waals surface area (Å²) < 4.78 is 0. The van der Waals surface area contributed by atoms with E-state index in [1.165, 1.54) is 11.1 Å². The van der Waals surface area contributed by atoms with Crippen molar-refractivity contribution in [2.24, 2.45) is 5.41 Å². The molecule has 0 N–H and O–H groups in total. The van der Waals surface area contributed by atoms with Crippen LogP contribution < -0.4 is 0 Å². The first kappa shape index (κ1) is 6.66. The Bertz CT molecular complexity index is 296. The van der Waals surface area contributed by atoms with Crippen LogP contribution >= 0.6 is 0 Å². The maximum atomic E-state index is 2.31. The predicted molar refractivity (Wildman–Crippen MR) is 48.2 cm³/mol. The molecule has 0 atom stereocenters. The number of allylic oxidation sites excluding steroid dienone is 8. The molecule has 0 nitrogen and oxygen atoms in total. The lowest BCUT2D eigenvalue weighted by molar-refractivity contribution is 0.618. The van der Waals surface area contributed by atoms with Crippen LogP contribution in [0.2, 0.25) is 0 Å². The smallest absolute Gasteiger partial charge is 0.00169 e. The highest BCUT2D eigenvalue weighted by Crippen LogP contribution is 2.32. The molecule has 0 radical (unpaired) electrons. The molecule has 0 heterocycles. The molecule has 0 aromatic heterocycles. The van der Waals surface area contributed by atoms with Crippen molar-refractivity contribution < 1.29 is 0 Å². The molecule has 0 spiro atoms. The van der Waals surface area contributed by atoms with Crippen molar-refractivity contribution in [1.29, 1.82) is 0 Å². The van der Waals surface area contributed by atoms with Crippen molar-refractivity contribution in [3.63, 3.8) is 0 Å². The van der Waals surface area contributed by atoms with Gasteiger partial charge in [0, 0.05) is 5.41 Å². The summed E-state index contributed by atoms with van der Waals surface area (Å²) in [4.78, 5) is 0. The molecule has 0 bridgehead atoms. The van der Waals surface area contributed by atoms with Crippen LogP contribution in [-0.2, 0) is 0 Å². The third-order valence-corrected chi connectivity index (χ3v) is 2.10. The van der Waals surface area contributed by atoms with Gasteiger partial charge in [-0.3, -0.25) is 0 Å². The molecule has 0 heteroatoms. The van der Waals surface area contributed by atoms with Gasteiger partial charge in [-0.1, -0.05) is 50.3 Å². The molecular formula is C11H12. The number of rotatable bonds is 0. The average molecular weight is 144 g/mol. The van der Waals surface area contributed by atoms with Gasteiger partial charge in [-0.25, -0.2) is 0 Å². The number of hydrogen-bond donors (Lipinski definition) is 0. The Balaban J connectivity index is 2.45. The zero-order chi connectivity index (χ0) is 7.90.